The van der Waals surface area contributed by atoms with Gasteiger partial charge in [0, 0.05) is 37.9 Å². The number of benzene rings is 1. The number of likely N-dealkylation sites (tertiary alicyclic amines) is 1. The quantitative estimate of drug-likeness (QED) is 0.780. The predicted molar refractivity (Wildman–Crippen MR) is 110 cm³/mol. The Morgan fingerprint density at radius 1 is 1.20 bits per heavy atom. The van der Waals surface area contributed by atoms with E-state index in [9.17, 15) is 14.4 Å². The van der Waals surface area contributed by atoms with Gasteiger partial charge in [-0.1, -0.05) is 12.1 Å². The van der Waals surface area contributed by atoms with E-state index in [1.165, 1.54) is 0 Å². The Balaban J connectivity index is 1.35. The summed E-state index contributed by atoms with van der Waals surface area (Å²) in [6, 6.07) is 7.52. The molecule has 0 radical (unpaired) electrons. The van der Waals surface area contributed by atoms with Gasteiger partial charge in [-0.2, -0.15) is 0 Å². The van der Waals surface area contributed by atoms with Crippen LogP contribution in [-0.4, -0.2) is 62.4 Å². The summed E-state index contributed by atoms with van der Waals surface area (Å²) < 4.78 is 2.09. The van der Waals surface area contributed by atoms with Crippen molar-refractivity contribution >= 4 is 23.4 Å². The lowest BCUT2D eigenvalue weighted by Gasteiger charge is -2.48. The maximum Gasteiger partial charge on any atom is 0.258 e. The average molecular weight is 407 g/mol. The lowest BCUT2D eigenvalue weighted by atomic mass is 9.98. The van der Waals surface area contributed by atoms with Crippen molar-refractivity contribution < 1.29 is 14.4 Å². The van der Waals surface area contributed by atoms with Gasteiger partial charge in [0.05, 0.1) is 17.6 Å². The Morgan fingerprint density at radius 2 is 1.97 bits per heavy atom. The fourth-order valence-electron chi connectivity index (χ4n) is 5.08. The Labute approximate surface area is 175 Å². The average Bonchev–Trinajstić information content (AvgIpc) is 3.40. The maximum atomic E-state index is 13.3. The zero-order valence-electron chi connectivity index (χ0n) is 17.0. The molecule has 30 heavy (non-hydrogen) atoms. The molecule has 1 aromatic heterocycles. The highest BCUT2D eigenvalue weighted by atomic mass is 16.2. The fraction of sp³-hybridized carbons (Fsp3) is 0.455. The third-order valence-electron chi connectivity index (χ3n) is 6.80. The van der Waals surface area contributed by atoms with Crippen LogP contribution in [-0.2, 0) is 9.59 Å². The van der Waals surface area contributed by atoms with E-state index in [1.807, 2.05) is 36.5 Å². The number of amides is 3. The van der Waals surface area contributed by atoms with Crippen LogP contribution >= 0.6 is 0 Å². The van der Waals surface area contributed by atoms with Crippen LogP contribution in [0.3, 0.4) is 0 Å². The fourth-order valence-corrected chi connectivity index (χ4v) is 5.08. The number of rotatable bonds is 3. The molecule has 3 aliphatic heterocycles. The molecule has 1 atom stereocenters. The smallest absolute Gasteiger partial charge is 0.258 e. The Bertz CT molecular complexity index is 996. The maximum absolute atomic E-state index is 13.3. The van der Waals surface area contributed by atoms with Gasteiger partial charge >= 0.3 is 0 Å². The number of aromatic nitrogens is 2. The second-order valence-electron chi connectivity index (χ2n) is 8.48. The van der Waals surface area contributed by atoms with Crippen LogP contribution in [0.1, 0.15) is 49.0 Å². The van der Waals surface area contributed by atoms with Crippen molar-refractivity contribution in [1.82, 2.24) is 19.4 Å². The first-order chi connectivity index (χ1) is 14.5. The van der Waals surface area contributed by atoms with Crippen LogP contribution < -0.4 is 4.90 Å². The van der Waals surface area contributed by atoms with E-state index in [0.717, 1.165) is 12.8 Å². The molecule has 2 fully saturated rings. The first-order valence-corrected chi connectivity index (χ1v) is 10.5. The summed E-state index contributed by atoms with van der Waals surface area (Å²) >= 11 is 0. The molecule has 4 heterocycles. The number of carbonyl (C=O) groups is 3. The van der Waals surface area contributed by atoms with E-state index in [1.54, 1.807) is 28.1 Å². The number of imidazole rings is 1. The van der Waals surface area contributed by atoms with Gasteiger partial charge in [0.1, 0.15) is 12.2 Å². The highest BCUT2D eigenvalue weighted by Crippen LogP contribution is 2.43. The molecule has 0 N–H and O–H groups in total. The van der Waals surface area contributed by atoms with Crippen LogP contribution in [0.15, 0.2) is 43.0 Å². The lowest BCUT2D eigenvalue weighted by molar-refractivity contribution is -0.134. The molecule has 2 saturated heterocycles. The van der Waals surface area contributed by atoms with Crippen molar-refractivity contribution in [3.05, 3.63) is 48.5 Å². The largest absolute Gasteiger partial charge is 0.341 e. The molecule has 0 aliphatic carbocycles. The number of carbonyl (C=O) groups excluding carboxylic acids is 3. The van der Waals surface area contributed by atoms with Gasteiger partial charge in [0.25, 0.3) is 5.91 Å². The highest BCUT2D eigenvalue weighted by Gasteiger charge is 2.53. The van der Waals surface area contributed by atoms with Crippen LogP contribution in [0.4, 0.5) is 5.69 Å². The Morgan fingerprint density at radius 3 is 2.70 bits per heavy atom. The Kier molecular flexibility index (Phi) is 4.38. The van der Waals surface area contributed by atoms with Crippen LogP contribution in [0.2, 0.25) is 0 Å². The van der Waals surface area contributed by atoms with Crippen molar-refractivity contribution in [2.75, 3.05) is 24.5 Å². The molecule has 0 bridgehead atoms. The van der Waals surface area contributed by atoms with Gasteiger partial charge in [0.15, 0.2) is 0 Å². The molecular weight excluding hydrogens is 382 g/mol. The van der Waals surface area contributed by atoms with E-state index in [4.69, 9.17) is 0 Å². The zero-order valence-corrected chi connectivity index (χ0v) is 17.0. The van der Waals surface area contributed by atoms with Crippen molar-refractivity contribution in [3.8, 4) is 0 Å². The van der Waals surface area contributed by atoms with Crippen molar-refractivity contribution in [2.45, 2.75) is 44.3 Å². The third-order valence-corrected chi connectivity index (χ3v) is 6.80. The van der Waals surface area contributed by atoms with Crippen LogP contribution in [0.5, 0.6) is 0 Å². The zero-order chi connectivity index (χ0) is 20.9. The number of hydrogen-bond acceptors (Lipinski definition) is 4. The van der Waals surface area contributed by atoms with Crippen molar-refractivity contribution in [3.63, 3.8) is 0 Å². The molecule has 1 unspecified atom stereocenters. The van der Waals surface area contributed by atoms with E-state index in [0.29, 0.717) is 43.2 Å². The minimum Gasteiger partial charge on any atom is -0.341 e. The van der Waals surface area contributed by atoms with Gasteiger partial charge in [-0.25, -0.2) is 4.98 Å². The van der Waals surface area contributed by atoms with Crippen LogP contribution in [0, 0.1) is 0 Å². The van der Waals surface area contributed by atoms with Crippen LogP contribution in [0.25, 0.3) is 0 Å². The molecule has 8 heteroatoms. The van der Waals surface area contributed by atoms with E-state index in [-0.39, 0.29) is 24.3 Å². The second kappa shape index (κ2) is 6.97. The SMILES string of the molecule is CC12CCC(=O)N1c1ccccc1C(=O)N2CC(=O)N1CCC(n2ccnc2)CC1. The topological polar surface area (TPSA) is 78.8 Å². The molecule has 3 aliphatic rings. The van der Waals surface area contributed by atoms with E-state index >= 15 is 0 Å². The normalized spacial score (nSPS) is 24.2. The van der Waals surface area contributed by atoms with Gasteiger partial charge in [-0.05, 0) is 38.3 Å². The molecule has 8 nitrogen and oxygen atoms in total. The molecule has 0 saturated carbocycles. The number of nitrogens with zero attached hydrogens (tertiary/aromatic N) is 5. The first-order valence-electron chi connectivity index (χ1n) is 10.5. The number of hydrogen-bond donors (Lipinski definition) is 0. The summed E-state index contributed by atoms with van der Waals surface area (Å²) in [5.41, 5.74) is 0.335. The predicted octanol–water partition coefficient (Wildman–Crippen LogP) is 2.05. The summed E-state index contributed by atoms with van der Waals surface area (Å²) in [7, 11) is 0. The van der Waals surface area contributed by atoms with E-state index < -0.39 is 5.66 Å². The summed E-state index contributed by atoms with van der Waals surface area (Å²) in [5, 5.41) is 0. The number of piperidine rings is 1. The molecule has 156 valence electrons. The standard InChI is InChI=1S/C22H25N5O3/c1-22-9-6-19(28)27(22)18-5-3-2-4-17(18)21(30)26(22)14-20(29)24-11-7-16(8-12-24)25-13-10-23-15-25/h2-5,10,13,15-16H,6-9,11-12,14H2,1H3. The van der Waals surface area contributed by atoms with Gasteiger partial charge in [0.2, 0.25) is 11.8 Å². The summed E-state index contributed by atoms with van der Waals surface area (Å²) in [5.74, 6) is -0.246. The second-order valence-corrected chi connectivity index (χ2v) is 8.48. The lowest BCUT2D eigenvalue weighted by Crippen LogP contribution is -2.64. The molecule has 0 spiro atoms. The minimum absolute atomic E-state index is 0.00366. The minimum atomic E-state index is -0.798. The van der Waals surface area contributed by atoms with Gasteiger partial charge in [-0.3, -0.25) is 19.3 Å². The number of anilines is 1. The summed E-state index contributed by atoms with van der Waals surface area (Å²) in [6.07, 6.45) is 8.17. The summed E-state index contributed by atoms with van der Waals surface area (Å²) in [6.45, 7) is 3.19. The molecule has 3 amide bonds. The van der Waals surface area contributed by atoms with Gasteiger partial charge < -0.3 is 14.4 Å². The van der Waals surface area contributed by atoms with E-state index in [2.05, 4.69) is 9.55 Å². The van der Waals surface area contributed by atoms with Gasteiger partial charge in [-0.15, -0.1) is 0 Å². The number of para-hydroxylation sites is 1. The highest BCUT2D eigenvalue weighted by molar-refractivity contribution is 6.11. The first kappa shape index (κ1) is 18.8. The summed E-state index contributed by atoms with van der Waals surface area (Å²) in [4.78, 5) is 48.4. The third kappa shape index (κ3) is 2.81. The number of fused-ring (bicyclic) bond motifs is 3. The Hall–Kier alpha value is -3.16. The molecule has 2 aromatic rings. The monoisotopic (exact) mass is 407 g/mol. The van der Waals surface area contributed by atoms with Crippen molar-refractivity contribution in [2.24, 2.45) is 0 Å². The molecular formula is C22H25N5O3. The molecule has 1 aromatic carbocycles. The van der Waals surface area contributed by atoms with Crippen molar-refractivity contribution in [1.29, 1.82) is 0 Å². The molecule has 5 rings (SSSR count).